The van der Waals surface area contributed by atoms with Gasteiger partial charge in [-0.05, 0) is 103 Å². The molecule has 5 nitrogen and oxygen atoms in total. The Morgan fingerprint density at radius 3 is 2.10 bits per heavy atom. The van der Waals surface area contributed by atoms with Crippen LogP contribution in [-0.4, -0.2) is 37.7 Å². The van der Waals surface area contributed by atoms with E-state index in [1.165, 1.54) is 37.1 Å². The summed E-state index contributed by atoms with van der Waals surface area (Å²) in [6.45, 7) is 5.17. The lowest BCUT2D eigenvalue weighted by molar-refractivity contribution is 0.238. The number of ether oxygens (including phenoxy) is 3. The minimum atomic E-state index is 0.503. The van der Waals surface area contributed by atoms with E-state index < -0.39 is 0 Å². The smallest absolute Gasteiger partial charge is 0.120 e. The number of rotatable bonds is 14. The van der Waals surface area contributed by atoms with Crippen molar-refractivity contribution < 1.29 is 14.2 Å². The van der Waals surface area contributed by atoms with Crippen molar-refractivity contribution in [2.75, 3.05) is 32.8 Å². The minimum Gasteiger partial charge on any atom is -0.494 e. The van der Waals surface area contributed by atoms with E-state index in [0.29, 0.717) is 19.6 Å². The van der Waals surface area contributed by atoms with Gasteiger partial charge in [-0.15, -0.1) is 0 Å². The van der Waals surface area contributed by atoms with E-state index in [2.05, 4.69) is 77.7 Å². The molecule has 4 aromatic rings. The van der Waals surface area contributed by atoms with Crippen LogP contribution in [0.1, 0.15) is 42.4 Å². The minimum absolute atomic E-state index is 0.503. The number of hydrogen-bond donors (Lipinski definition) is 0. The van der Waals surface area contributed by atoms with Crippen LogP contribution < -0.4 is 14.2 Å². The fourth-order valence-corrected chi connectivity index (χ4v) is 5.10. The fraction of sp³-hybridized carbons (Fsp3) is 0.306. The van der Waals surface area contributed by atoms with Crippen molar-refractivity contribution in [3.8, 4) is 34.4 Å². The maximum atomic E-state index is 8.74. The van der Waals surface area contributed by atoms with Gasteiger partial charge in [0.2, 0.25) is 0 Å². The molecule has 1 saturated heterocycles. The number of benzene rings is 4. The van der Waals surface area contributed by atoms with Crippen molar-refractivity contribution in [3.05, 3.63) is 114 Å². The Hall–Kier alpha value is -4.27. The van der Waals surface area contributed by atoms with Gasteiger partial charge in [0.25, 0.3) is 0 Å². The Kier molecular flexibility index (Phi) is 10.3. The molecule has 0 radical (unpaired) electrons. The second-order valence-corrected chi connectivity index (χ2v) is 10.4. The zero-order valence-electron chi connectivity index (χ0n) is 23.6. The SMILES string of the molecule is N#CCCCOc1ccc(-c2cc(OCc3ccccc3)ccc2Cc2ccc(OCCN3CCCC3)cc2)cc1. The lowest BCUT2D eigenvalue weighted by atomic mass is 9.94. The van der Waals surface area contributed by atoms with E-state index in [1.807, 2.05) is 30.3 Å². The van der Waals surface area contributed by atoms with Crippen molar-refractivity contribution in [3.63, 3.8) is 0 Å². The van der Waals surface area contributed by atoms with Gasteiger partial charge in [0.15, 0.2) is 0 Å². The van der Waals surface area contributed by atoms with E-state index >= 15 is 0 Å². The van der Waals surface area contributed by atoms with Gasteiger partial charge in [0.1, 0.15) is 30.5 Å². The highest BCUT2D eigenvalue weighted by Gasteiger charge is 2.12. The van der Waals surface area contributed by atoms with Crippen LogP contribution in [0.15, 0.2) is 97.1 Å². The van der Waals surface area contributed by atoms with Gasteiger partial charge in [-0.25, -0.2) is 0 Å². The summed E-state index contributed by atoms with van der Waals surface area (Å²) in [4.78, 5) is 2.47. The zero-order valence-corrected chi connectivity index (χ0v) is 23.6. The molecule has 0 amide bonds. The summed E-state index contributed by atoms with van der Waals surface area (Å²) in [7, 11) is 0. The van der Waals surface area contributed by atoms with Gasteiger partial charge in [0, 0.05) is 13.0 Å². The molecule has 4 aromatic carbocycles. The molecule has 210 valence electrons. The van der Waals surface area contributed by atoms with E-state index in [0.717, 1.165) is 59.9 Å². The third-order valence-corrected chi connectivity index (χ3v) is 7.39. The number of hydrogen-bond acceptors (Lipinski definition) is 5. The average molecular weight is 547 g/mol. The van der Waals surface area contributed by atoms with Crippen LogP contribution in [-0.2, 0) is 13.0 Å². The fourth-order valence-electron chi connectivity index (χ4n) is 5.10. The molecule has 0 bridgehead atoms. The first-order valence-corrected chi connectivity index (χ1v) is 14.6. The molecular formula is C36H38N2O3. The van der Waals surface area contributed by atoms with Gasteiger partial charge in [-0.2, -0.15) is 5.26 Å². The van der Waals surface area contributed by atoms with Gasteiger partial charge < -0.3 is 14.2 Å². The van der Waals surface area contributed by atoms with E-state index in [1.54, 1.807) is 0 Å². The predicted octanol–water partition coefficient (Wildman–Crippen LogP) is 7.68. The highest BCUT2D eigenvalue weighted by atomic mass is 16.5. The summed E-state index contributed by atoms with van der Waals surface area (Å²) in [5, 5.41) is 8.74. The first-order valence-electron chi connectivity index (χ1n) is 14.6. The molecule has 41 heavy (non-hydrogen) atoms. The molecule has 5 heteroatoms. The first kappa shape index (κ1) is 28.3. The summed E-state index contributed by atoms with van der Waals surface area (Å²) in [6, 6.07) is 35.4. The Morgan fingerprint density at radius 1 is 0.683 bits per heavy atom. The molecule has 1 aliphatic rings. The van der Waals surface area contributed by atoms with Crippen molar-refractivity contribution in [1.29, 1.82) is 5.26 Å². The normalized spacial score (nSPS) is 13.0. The summed E-state index contributed by atoms with van der Waals surface area (Å²) in [5.74, 6) is 2.57. The molecule has 0 aromatic heterocycles. The maximum Gasteiger partial charge on any atom is 0.120 e. The van der Waals surface area contributed by atoms with Crippen LogP contribution in [0, 0.1) is 11.3 Å². The Morgan fingerprint density at radius 2 is 1.37 bits per heavy atom. The summed E-state index contributed by atoms with van der Waals surface area (Å²) < 4.78 is 18.0. The third-order valence-electron chi connectivity index (χ3n) is 7.39. The quantitative estimate of drug-likeness (QED) is 0.152. The van der Waals surface area contributed by atoms with Crippen molar-refractivity contribution in [1.82, 2.24) is 4.90 Å². The molecule has 0 N–H and O–H groups in total. The standard InChI is InChI=1S/C36H38N2O3/c37-20-4-7-24-39-34-17-12-31(13-18-34)36-27-35(41-28-30-8-2-1-3-9-30)19-14-32(36)26-29-10-15-33(16-11-29)40-25-23-38-21-5-6-22-38/h1-3,8-19,27H,4-7,21-26,28H2. The van der Waals surface area contributed by atoms with Crippen LogP contribution in [0.5, 0.6) is 17.2 Å². The summed E-state index contributed by atoms with van der Waals surface area (Å²) in [6.07, 6.45) is 4.64. The Bertz CT molecular complexity index is 1390. The molecule has 0 aliphatic carbocycles. The average Bonchev–Trinajstić information content (AvgIpc) is 3.54. The molecule has 0 unspecified atom stereocenters. The van der Waals surface area contributed by atoms with Gasteiger partial charge in [0.05, 0.1) is 12.7 Å². The van der Waals surface area contributed by atoms with Crippen LogP contribution in [0.25, 0.3) is 11.1 Å². The van der Waals surface area contributed by atoms with E-state index in [4.69, 9.17) is 19.5 Å². The third kappa shape index (κ3) is 8.61. The van der Waals surface area contributed by atoms with Crippen molar-refractivity contribution >= 4 is 0 Å². The van der Waals surface area contributed by atoms with Crippen LogP contribution in [0.4, 0.5) is 0 Å². The predicted molar refractivity (Wildman–Crippen MR) is 163 cm³/mol. The van der Waals surface area contributed by atoms with Gasteiger partial charge in [-0.1, -0.05) is 60.7 Å². The molecule has 1 fully saturated rings. The number of nitriles is 1. The maximum absolute atomic E-state index is 8.74. The molecular weight excluding hydrogens is 508 g/mol. The summed E-state index contributed by atoms with van der Waals surface area (Å²) in [5.41, 5.74) is 5.84. The molecule has 0 saturated carbocycles. The monoisotopic (exact) mass is 546 g/mol. The topological polar surface area (TPSA) is 54.7 Å². The van der Waals surface area contributed by atoms with E-state index in [-0.39, 0.29) is 0 Å². The van der Waals surface area contributed by atoms with Gasteiger partial charge >= 0.3 is 0 Å². The van der Waals surface area contributed by atoms with Crippen molar-refractivity contribution in [2.45, 2.75) is 38.7 Å². The lowest BCUT2D eigenvalue weighted by Crippen LogP contribution is -2.25. The Labute approximate surface area is 243 Å². The molecule has 1 heterocycles. The highest BCUT2D eigenvalue weighted by Crippen LogP contribution is 2.32. The van der Waals surface area contributed by atoms with Crippen molar-refractivity contribution in [2.24, 2.45) is 0 Å². The Balaban J connectivity index is 1.28. The number of likely N-dealkylation sites (tertiary alicyclic amines) is 1. The largest absolute Gasteiger partial charge is 0.494 e. The zero-order chi connectivity index (χ0) is 28.1. The van der Waals surface area contributed by atoms with Crippen LogP contribution in [0.3, 0.4) is 0 Å². The number of unbranched alkanes of at least 4 members (excludes halogenated alkanes) is 1. The molecule has 0 atom stereocenters. The lowest BCUT2D eigenvalue weighted by Gasteiger charge is -2.16. The number of nitrogens with zero attached hydrogens (tertiary/aromatic N) is 2. The highest BCUT2D eigenvalue weighted by molar-refractivity contribution is 5.70. The second-order valence-electron chi connectivity index (χ2n) is 10.4. The second kappa shape index (κ2) is 14.9. The van der Waals surface area contributed by atoms with E-state index in [9.17, 15) is 0 Å². The van der Waals surface area contributed by atoms with Crippen LogP contribution >= 0.6 is 0 Å². The first-order chi connectivity index (χ1) is 20.3. The van der Waals surface area contributed by atoms with Gasteiger partial charge in [-0.3, -0.25) is 4.90 Å². The van der Waals surface area contributed by atoms with Crippen LogP contribution in [0.2, 0.25) is 0 Å². The molecule has 5 rings (SSSR count). The molecule has 0 spiro atoms. The summed E-state index contributed by atoms with van der Waals surface area (Å²) >= 11 is 0. The molecule has 1 aliphatic heterocycles.